The maximum atomic E-state index is 13.1. The zero-order chi connectivity index (χ0) is 17.8. The number of amides is 1. The van der Waals surface area contributed by atoms with Crippen LogP contribution in [0.1, 0.15) is 45.3 Å². The van der Waals surface area contributed by atoms with Gasteiger partial charge in [0.2, 0.25) is 5.91 Å². The number of benzene rings is 2. The van der Waals surface area contributed by atoms with Crippen molar-refractivity contribution in [1.82, 2.24) is 9.47 Å². The van der Waals surface area contributed by atoms with Gasteiger partial charge in [-0.2, -0.15) is 0 Å². The van der Waals surface area contributed by atoms with Crippen LogP contribution in [-0.4, -0.2) is 27.8 Å². The zero-order valence-corrected chi connectivity index (χ0v) is 14.9. The highest BCUT2D eigenvalue weighted by Gasteiger charge is 2.39. The number of rotatable bonds is 1. The first kappa shape index (κ1) is 15.6. The van der Waals surface area contributed by atoms with Crippen molar-refractivity contribution >= 4 is 34.3 Å². The van der Waals surface area contributed by atoms with Crippen LogP contribution in [0.2, 0.25) is 5.02 Å². The molecule has 0 saturated heterocycles. The lowest BCUT2D eigenvalue weighted by molar-refractivity contribution is 0.0593. The molecule has 0 bridgehead atoms. The normalized spacial score (nSPS) is 18.9. The molecule has 0 spiro atoms. The van der Waals surface area contributed by atoms with Gasteiger partial charge in [-0.05, 0) is 42.7 Å². The average molecular weight is 365 g/mol. The second-order valence-corrected chi connectivity index (χ2v) is 7.36. The number of nitrogens with zero attached hydrogens (tertiary/aromatic N) is 2. The molecule has 2 aromatic carbocycles. The van der Waals surface area contributed by atoms with Crippen molar-refractivity contribution in [1.29, 1.82) is 0 Å². The Labute approximate surface area is 156 Å². The fourth-order valence-corrected chi connectivity index (χ4v) is 4.63. The molecule has 4 nitrogen and oxygen atoms in total. The van der Waals surface area contributed by atoms with Gasteiger partial charge in [-0.1, -0.05) is 35.9 Å². The Morgan fingerprint density at radius 2 is 1.92 bits per heavy atom. The molecule has 5 heteroatoms. The van der Waals surface area contributed by atoms with Gasteiger partial charge in [0, 0.05) is 28.9 Å². The van der Waals surface area contributed by atoms with Gasteiger partial charge in [0.1, 0.15) is 0 Å². The Balaban J connectivity index is 1.65. The van der Waals surface area contributed by atoms with Crippen molar-refractivity contribution in [3.8, 4) is 0 Å². The van der Waals surface area contributed by atoms with E-state index in [-0.39, 0.29) is 17.9 Å². The summed E-state index contributed by atoms with van der Waals surface area (Å²) in [6.07, 6.45) is 1.89. The van der Waals surface area contributed by atoms with E-state index < -0.39 is 0 Å². The third kappa shape index (κ3) is 2.15. The maximum absolute atomic E-state index is 13.1. The number of hydrogen-bond acceptors (Lipinski definition) is 2. The van der Waals surface area contributed by atoms with E-state index in [0.29, 0.717) is 30.0 Å². The van der Waals surface area contributed by atoms with Crippen LogP contribution in [0.4, 0.5) is 0 Å². The van der Waals surface area contributed by atoms with Crippen LogP contribution in [0.15, 0.2) is 48.5 Å². The minimum absolute atomic E-state index is 0.0192. The molecule has 1 amide bonds. The highest BCUT2D eigenvalue weighted by Crippen LogP contribution is 2.42. The van der Waals surface area contributed by atoms with Crippen molar-refractivity contribution in [2.75, 3.05) is 6.54 Å². The molecule has 0 fully saturated rings. The molecule has 2 aliphatic heterocycles. The number of aromatic nitrogens is 1. The van der Waals surface area contributed by atoms with E-state index in [4.69, 9.17) is 11.6 Å². The predicted molar refractivity (Wildman–Crippen MR) is 101 cm³/mol. The van der Waals surface area contributed by atoms with Crippen molar-refractivity contribution in [3.05, 3.63) is 70.4 Å². The number of hydrogen-bond donors (Lipinski definition) is 0. The Morgan fingerprint density at radius 3 is 2.77 bits per heavy atom. The molecular formula is C21H17ClN2O2. The minimum Gasteiger partial charge on any atom is -0.330 e. The SMILES string of the molecule is O=C(c1cccc(Cl)c1)N1CCc2c3n(c4ccccc24)C(=O)CCC31. The lowest BCUT2D eigenvalue weighted by Crippen LogP contribution is -2.43. The summed E-state index contributed by atoms with van der Waals surface area (Å²) in [6, 6.07) is 15.1. The molecule has 0 aliphatic carbocycles. The summed E-state index contributed by atoms with van der Waals surface area (Å²) in [5, 5.41) is 1.69. The van der Waals surface area contributed by atoms with Gasteiger partial charge in [-0.15, -0.1) is 0 Å². The van der Waals surface area contributed by atoms with Crippen LogP contribution < -0.4 is 0 Å². The number of carbonyl (C=O) groups is 2. The smallest absolute Gasteiger partial charge is 0.254 e. The van der Waals surface area contributed by atoms with Gasteiger partial charge in [-0.25, -0.2) is 0 Å². The van der Waals surface area contributed by atoms with Crippen LogP contribution in [-0.2, 0) is 6.42 Å². The number of carbonyl (C=O) groups excluding carboxylic acids is 2. The third-order valence-electron chi connectivity index (χ3n) is 5.53. The maximum Gasteiger partial charge on any atom is 0.254 e. The molecular weight excluding hydrogens is 348 g/mol. The topological polar surface area (TPSA) is 42.3 Å². The summed E-state index contributed by atoms with van der Waals surface area (Å²) < 4.78 is 1.84. The molecule has 2 aliphatic rings. The summed E-state index contributed by atoms with van der Waals surface area (Å²) in [4.78, 5) is 27.7. The number of para-hydroxylation sites is 1. The van der Waals surface area contributed by atoms with Crippen LogP contribution in [0.25, 0.3) is 10.9 Å². The first-order chi connectivity index (χ1) is 12.6. The van der Waals surface area contributed by atoms with Gasteiger partial charge in [0.25, 0.3) is 5.91 Å². The van der Waals surface area contributed by atoms with E-state index in [0.717, 1.165) is 23.0 Å². The monoisotopic (exact) mass is 364 g/mol. The molecule has 0 N–H and O–H groups in total. The minimum atomic E-state index is -0.0599. The van der Waals surface area contributed by atoms with Crippen molar-refractivity contribution < 1.29 is 9.59 Å². The number of fused-ring (bicyclic) bond motifs is 3. The molecule has 1 atom stereocenters. The number of halogens is 1. The average Bonchev–Trinajstić information content (AvgIpc) is 3.00. The summed E-state index contributed by atoms with van der Waals surface area (Å²) >= 11 is 6.07. The van der Waals surface area contributed by atoms with Crippen molar-refractivity contribution in [2.45, 2.75) is 25.3 Å². The third-order valence-corrected chi connectivity index (χ3v) is 5.76. The van der Waals surface area contributed by atoms with Gasteiger partial charge in [0.15, 0.2) is 0 Å². The Kier molecular flexibility index (Phi) is 3.44. The van der Waals surface area contributed by atoms with E-state index in [1.54, 1.807) is 24.3 Å². The van der Waals surface area contributed by atoms with Crippen LogP contribution in [0, 0.1) is 0 Å². The summed E-state index contributed by atoms with van der Waals surface area (Å²) in [5.41, 5.74) is 3.78. The fraction of sp³-hybridized carbons (Fsp3) is 0.238. The standard InChI is InChI=1S/C21H17ClN2O2/c22-14-5-3-4-13(12-14)21(26)23-11-10-16-15-6-1-2-7-17(15)24-19(25)9-8-18(23)20(16)24/h1-7,12,18H,8-11H2. The van der Waals surface area contributed by atoms with Crippen molar-refractivity contribution in [2.24, 2.45) is 0 Å². The Hall–Kier alpha value is -2.59. The molecule has 1 aromatic heterocycles. The largest absolute Gasteiger partial charge is 0.330 e. The van der Waals surface area contributed by atoms with Crippen molar-refractivity contribution in [3.63, 3.8) is 0 Å². The lowest BCUT2D eigenvalue weighted by atomic mass is 9.91. The van der Waals surface area contributed by atoms with Crippen LogP contribution in [0.5, 0.6) is 0 Å². The zero-order valence-electron chi connectivity index (χ0n) is 14.1. The van der Waals surface area contributed by atoms with E-state index >= 15 is 0 Å². The summed E-state index contributed by atoms with van der Waals surface area (Å²) in [5.74, 6) is 0.102. The van der Waals surface area contributed by atoms with Gasteiger partial charge in [-0.3, -0.25) is 14.2 Å². The van der Waals surface area contributed by atoms with E-state index in [1.807, 2.05) is 27.7 Å². The lowest BCUT2D eigenvalue weighted by Gasteiger charge is -2.39. The van der Waals surface area contributed by atoms with Gasteiger partial charge >= 0.3 is 0 Å². The van der Waals surface area contributed by atoms with Gasteiger partial charge in [0.05, 0.1) is 17.3 Å². The molecule has 130 valence electrons. The van der Waals surface area contributed by atoms with Gasteiger partial charge < -0.3 is 4.90 Å². The highest BCUT2D eigenvalue weighted by atomic mass is 35.5. The molecule has 3 aromatic rings. The Bertz CT molecular complexity index is 1070. The molecule has 26 heavy (non-hydrogen) atoms. The highest BCUT2D eigenvalue weighted by molar-refractivity contribution is 6.31. The summed E-state index contributed by atoms with van der Waals surface area (Å²) in [6.45, 7) is 0.658. The summed E-state index contributed by atoms with van der Waals surface area (Å²) in [7, 11) is 0. The Morgan fingerprint density at radius 1 is 1.08 bits per heavy atom. The molecule has 0 radical (unpaired) electrons. The van der Waals surface area contributed by atoms with Crippen LogP contribution in [0.3, 0.4) is 0 Å². The quantitative estimate of drug-likeness (QED) is 0.639. The van der Waals surface area contributed by atoms with E-state index in [1.165, 1.54) is 5.56 Å². The van der Waals surface area contributed by atoms with E-state index in [2.05, 4.69) is 6.07 Å². The predicted octanol–water partition coefficient (Wildman–Crippen LogP) is 4.47. The molecule has 5 rings (SSSR count). The molecule has 3 heterocycles. The first-order valence-electron chi connectivity index (χ1n) is 8.87. The molecule has 0 saturated carbocycles. The second kappa shape index (κ2) is 5.71. The van der Waals surface area contributed by atoms with Crippen LogP contribution >= 0.6 is 11.6 Å². The second-order valence-electron chi connectivity index (χ2n) is 6.92. The van der Waals surface area contributed by atoms with E-state index in [9.17, 15) is 9.59 Å². The fourth-order valence-electron chi connectivity index (χ4n) is 4.44. The first-order valence-corrected chi connectivity index (χ1v) is 9.25. The molecule has 1 unspecified atom stereocenters.